The van der Waals surface area contributed by atoms with Crippen molar-refractivity contribution in [3.8, 4) is 0 Å². The first-order chi connectivity index (χ1) is 7.04. The zero-order valence-corrected chi connectivity index (χ0v) is 9.12. The average Bonchev–Trinajstić information content (AvgIpc) is 2.63. The van der Waals surface area contributed by atoms with Crippen molar-refractivity contribution in [1.82, 2.24) is 15.5 Å². The van der Waals surface area contributed by atoms with Gasteiger partial charge >= 0.3 is 6.03 Å². The van der Waals surface area contributed by atoms with E-state index in [4.69, 9.17) is 5.73 Å². The molecule has 0 radical (unpaired) electrons. The number of hydrogen-bond donors (Lipinski definition) is 3. The van der Waals surface area contributed by atoms with Gasteiger partial charge in [0.1, 0.15) is 0 Å². The molecule has 1 fully saturated rings. The summed E-state index contributed by atoms with van der Waals surface area (Å²) in [6.07, 6.45) is 0.900. The molecule has 4 N–H and O–H groups in total. The fourth-order valence-electron chi connectivity index (χ4n) is 1.61. The lowest BCUT2D eigenvalue weighted by molar-refractivity contribution is -0.124. The van der Waals surface area contributed by atoms with Crippen molar-refractivity contribution < 1.29 is 9.59 Å². The van der Waals surface area contributed by atoms with Gasteiger partial charge in [-0.3, -0.25) is 15.0 Å². The number of hydrogen-bond acceptors (Lipinski definition) is 4. The third kappa shape index (κ3) is 3.17. The first-order valence-electron chi connectivity index (χ1n) is 5.06. The van der Waals surface area contributed by atoms with E-state index in [1.165, 1.54) is 7.05 Å². The number of nitrogens with two attached hydrogens (primary N) is 1. The van der Waals surface area contributed by atoms with Crippen LogP contribution in [0.5, 0.6) is 0 Å². The predicted molar refractivity (Wildman–Crippen MR) is 56.2 cm³/mol. The minimum atomic E-state index is -0.477. The minimum absolute atomic E-state index is 0.139. The summed E-state index contributed by atoms with van der Waals surface area (Å²) < 4.78 is 0. The van der Waals surface area contributed by atoms with Crippen LogP contribution in [0.15, 0.2) is 0 Å². The van der Waals surface area contributed by atoms with Crippen LogP contribution in [0.2, 0.25) is 0 Å². The van der Waals surface area contributed by atoms with Gasteiger partial charge in [0.15, 0.2) is 0 Å². The zero-order valence-electron chi connectivity index (χ0n) is 9.12. The summed E-state index contributed by atoms with van der Waals surface area (Å²) in [5, 5.41) is 4.59. The second-order valence-corrected chi connectivity index (χ2v) is 3.79. The molecule has 0 aromatic heterocycles. The number of urea groups is 1. The Balaban J connectivity index is 2.42. The van der Waals surface area contributed by atoms with E-state index in [0.29, 0.717) is 6.54 Å². The van der Waals surface area contributed by atoms with Crippen molar-refractivity contribution in [2.75, 3.05) is 20.1 Å². The van der Waals surface area contributed by atoms with E-state index in [0.717, 1.165) is 13.0 Å². The lowest BCUT2D eigenvalue weighted by Gasteiger charge is -2.22. The van der Waals surface area contributed by atoms with Crippen LogP contribution in [0.25, 0.3) is 0 Å². The van der Waals surface area contributed by atoms with Crippen molar-refractivity contribution in [1.29, 1.82) is 0 Å². The van der Waals surface area contributed by atoms with E-state index in [2.05, 4.69) is 10.6 Å². The zero-order chi connectivity index (χ0) is 11.4. The normalized spacial score (nSPS) is 23.5. The molecule has 0 spiro atoms. The molecule has 1 heterocycles. The Hall–Kier alpha value is -1.14. The van der Waals surface area contributed by atoms with Crippen LogP contribution in [0, 0.1) is 0 Å². The third-order valence-corrected chi connectivity index (χ3v) is 2.65. The molecular weight excluding hydrogens is 196 g/mol. The minimum Gasteiger partial charge on any atom is -0.341 e. The molecule has 2 atom stereocenters. The second kappa shape index (κ2) is 5.09. The number of amides is 3. The summed E-state index contributed by atoms with van der Waals surface area (Å²) in [5.41, 5.74) is 5.74. The maximum atomic E-state index is 11.6. The summed E-state index contributed by atoms with van der Waals surface area (Å²) >= 11 is 0. The van der Waals surface area contributed by atoms with Crippen LogP contribution < -0.4 is 16.4 Å². The monoisotopic (exact) mass is 214 g/mol. The van der Waals surface area contributed by atoms with Crippen LogP contribution in [0.3, 0.4) is 0 Å². The molecule has 6 nitrogen and oxygen atoms in total. The van der Waals surface area contributed by atoms with Crippen molar-refractivity contribution in [2.45, 2.75) is 25.4 Å². The Labute approximate surface area is 89.2 Å². The molecular formula is C9H18N4O2. The molecule has 1 rings (SSSR count). The topological polar surface area (TPSA) is 87.5 Å². The molecule has 1 aliphatic rings. The first kappa shape index (κ1) is 11.9. The molecule has 2 unspecified atom stereocenters. The van der Waals surface area contributed by atoms with Crippen LogP contribution in [-0.2, 0) is 4.79 Å². The Bertz CT molecular complexity index is 256. The Morgan fingerprint density at radius 3 is 2.67 bits per heavy atom. The van der Waals surface area contributed by atoms with Gasteiger partial charge in [0, 0.05) is 26.2 Å². The number of carbonyl (C=O) groups excluding carboxylic acids is 2. The van der Waals surface area contributed by atoms with E-state index >= 15 is 0 Å². The van der Waals surface area contributed by atoms with Crippen LogP contribution in [0.1, 0.15) is 13.3 Å². The number of nitrogens with one attached hydrogen (secondary N) is 2. The van der Waals surface area contributed by atoms with Crippen molar-refractivity contribution >= 4 is 11.9 Å². The van der Waals surface area contributed by atoms with Gasteiger partial charge in [-0.25, -0.2) is 4.79 Å². The van der Waals surface area contributed by atoms with Crippen molar-refractivity contribution in [3.63, 3.8) is 0 Å². The van der Waals surface area contributed by atoms with Gasteiger partial charge in [-0.15, -0.1) is 0 Å². The van der Waals surface area contributed by atoms with E-state index in [1.54, 1.807) is 6.92 Å². The molecule has 0 saturated carbocycles. The van der Waals surface area contributed by atoms with E-state index in [-0.39, 0.29) is 18.0 Å². The SMILES string of the molecule is CNC(=O)NC(=O)C(C)N1CCC(N)C1. The predicted octanol–water partition coefficient (Wildman–Crippen LogP) is -1.14. The molecule has 15 heavy (non-hydrogen) atoms. The fourth-order valence-corrected chi connectivity index (χ4v) is 1.61. The van der Waals surface area contributed by atoms with Gasteiger partial charge in [0.25, 0.3) is 0 Å². The summed E-state index contributed by atoms with van der Waals surface area (Å²) in [6.45, 7) is 3.29. The first-order valence-corrected chi connectivity index (χ1v) is 5.06. The van der Waals surface area contributed by atoms with Gasteiger partial charge < -0.3 is 11.1 Å². The molecule has 6 heteroatoms. The van der Waals surface area contributed by atoms with Crippen LogP contribution >= 0.6 is 0 Å². The molecule has 0 aromatic carbocycles. The molecule has 3 amide bonds. The van der Waals surface area contributed by atoms with E-state index in [9.17, 15) is 9.59 Å². The number of likely N-dealkylation sites (tertiary alicyclic amines) is 1. The van der Waals surface area contributed by atoms with Crippen molar-refractivity contribution in [3.05, 3.63) is 0 Å². The largest absolute Gasteiger partial charge is 0.341 e. The average molecular weight is 214 g/mol. The number of nitrogens with zero attached hydrogens (tertiary/aromatic N) is 1. The molecule has 0 aliphatic carbocycles. The van der Waals surface area contributed by atoms with Gasteiger partial charge in [-0.2, -0.15) is 0 Å². The molecule has 0 bridgehead atoms. The fraction of sp³-hybridized carbons (Fsp3) is 0.778. The highest BCUT2D eigenvalue weighted by Gasteiger charge is 2.28. The summed E-state index contributed by atoms with van der Waals surface area (Å²) in [4.78, 5) is 24.4. The molecule has 1 aliphatic heterocycles. The highest BCUT2D eigenvalue weighted by molar-refractivity contribution is 5.96. The Kier molecular flexibility index (Phi) is 4.05. The van der Waals surface area contributed by atoms with Crippen molar-refractivity contribution in [2.24, 2.45) is 5.73 Å². The maximum Gasteiger partial charge on any atom is 0.321 e. The molecule has 86 valence electrons. The quantitative estimate of drug-likeness (QED) is 0.542. The Morgan fingerprint density at radius 1 is 1.53 bits per heavy atom. The van der Waals surface area contributed by atoms with Gasteiger partial charge in [0.05, 0.1) is 6.04 Å². The van der Waals surface area contributed by atoms with Gasteiger partial charge in [0.2, 0.25) is 5.91 Å². The lowest BCUT2D eigenvalue weighted by Crippen LogP contribution is -2.48. The third-order valence-electron chi connectivity index (χ3n) is 2.65. The van der Waals surface area contributed by atoms with Gasteiger partial charge in [-0.05, 0) is 13.3 Å². The highest BCUT2D eigenvalue weighted by atomic mass is 16.2. The molecule has 1 saturated heterocycles. The molecule has 0 aromatic rings. The summed E-state index contributed by atoms with van der Waals surface area (Å²) in [5.74, 6) is -0.288. The smallest absolute Gasteiger partial charge is 0.321 e. The maximum absolute atomic E-state index is 11.6. The standard InChI is InChI=1S/C9H18N4O2/c1-6(8(14)12-9(15)11-2)13-4-3-7(10)5-13/h6-7H,3-5,10H2,1-2H3,(H2,11,12,14,15). The highest BCUT2D eigenvalue weighted by Crippen LogP contribution is 2.10. The van der Waals surface area contributed by atoms with Crippen LogP contribution in [-0.4, -0.2) is 49.1 Å². The number of carbonyl (C=O) groups is 2. The van der Waals surface area contributed by atoms with E-state index in [1.807, 2.05) is 4.90 Å². The Morgan fingerprint density at radius 2 is 2.20 bits per heavy atom. The lowest BCUT2D eigenvalue weighted by atomic mass is 10.3. The van der Waals surface area contributed by atoms with E-state index < -0.39 is 6.03 Å². The number of imide groups is 1. The van der Waals surface area contributed by atoms with Gasteiger partial charge in [-0.1, -0.05) is 0 Å². The second-order valence-electron chi connectivity index (χ2n) is 3.79. The summed E-state index contributed by atoms with van der Waals surface area (Å²) in [7, 11) is 1.47. The summed E-state index contributed by atoms with van der Waals surface area (Å²) in [6, 6.07) is -0.647. The number of rotatable bonds is 2. The van der Waals surface area contributed by atoms with Crippen LogP contribution in [0.4, 0.5) is 4.79 Å².